The highest BCUT2D eigenvalue weighted by atomic mass is 35.5. The second-order valence-electron chi connectivity index (χ2n) is 5.13. The van der Waals surface area contributed by atoms with Crippen LogP contribution in [0.5, 0.6) is 0 Å². The standard InChI is InChI=1S/C18H15ClN2O/c19-16-8-4-5-14(9-16)11-21-12-17(20-13-21)10-18(22)15-6-2-1-3-7-15/h1-9,12-13H,10-11H2. The molecule has 0 unspecified atom stereocenters. The van der Waals surface area contributed by atoms with Crippen LogP contribution in [0.2, 0.25) is 5.02 Å². The van der Waals surface area contributed by atoms with Gasteiger partial charge in [0.2, 0.25) is 0 Å². The Labute approximate surface area is 134 Å². The van der Waals surface area contributed by atoms with Gasteiger partial charge in [0.05, 0.1) is 18.4 Å². The van der Waals surface area contributed by atoms with E-state index in [0.29, 0.717) is 18.5 Å². The summed E-state index contributed by atoms with van der Waals surface area (Å²) < 4.78 is 1.96. The lowest BCUT2D eigenvalue weighted by molar-refractivity contribution is 0.0992. The van der Waals surface area contributed by atoms with Crippen molar-refractivity contribution in [1.29, 1.82) is 0 Å². The zero-order chi connectivity index (χ0) is 15.4. The Balaban J connectivity index is 1.68. The molecule has 0 radical (unpaired) electrons. The van der Waals surface area contributed by atoms with Crippen LogP contribution in [0, 0.1) is 0 Å². The van der Waals surface area contributed by atoms with E-state index in [4.69, 9.17) is 11.6 Å². The highest BCUT2D eigenvalue weighted by Gasteiger charge is 2.09. The van der Waals surface area contributed by atoms with Crippen LogP contribution in [0.1, 0.15) is 21.6 Å². The maximum absolute atomic E-state index is 12.2. The van der Waals surface area contributed by atoms with Gasteiger partial charge < -0.3 is 4.57 Å². The molecule has 22 heavy (non-hydrogen) atoms. The third kappa shape index (κ3) is 3.62. The maximum Gasteiger partial charge on any atom is 0.168 e. The minimum absolute atomic E-state index is 0.0774. The molecule has 0 amide bonds. The molecule has 0 aliphatic heterocycles. The molecule has 3 nitrogen and oxygen atoms in total. The number of imidazole rings is 1. The minimum atomic E-state index is 0.0774. The number of ketones is 1. The second kappa shape index (κ2) is 6.58. The SMILES string of the molecule is O=C(Cc1cn(Cc2cccc(Cl)c2)cn1)c1ccccc1. The van der Waals surface area contributed by atoms with E-state index in [2.05, 4.69) is 4.98 Å². The van der Waals surface area contributed by atoms with Crippen LogP contribution in [-0.4, -0.2) is 15.3 Å². The fourth-order valence-corrected chi connectivity index (χ4v) is 2.53. The van der Waals surface area contributed by atoms with Gasteiger partial charge in [0.15, 0.2) is 5.78 Å². The molecule has 0 fully saturated rings. The maximum atomic E-state index is 12.2. The molecule has 0 saturated heterocycles. The van der Waals surface area contributed by atoms with E-state index >= 15 is 0 Å². The number of carbonyl (C=O) groups excluding carboxylic acids is 1. The molecule has 0 N–H and O–H groups in total. The molecule has 4 heteroatoms. The summed E-state index contributed by atoms with van der Waals surface area (Å²) in [5, 5.41) is 0.720. The van der Waals surface area contributed by atoms with E-state index in [9.17, 15) is 4.79 Å². The quantitative estimate of drug-likeness (QED) is 0.667. The van der Waals surface area contributed by atoms with E-state index in [-0.39, 0.29) is 5.78 Å². The third-order valence-electron chi connectivity index (χ3n) is 3.38. The number of halogens is 1. The van der Waals surface area contributed by atoms with Crippen LogP contribution in [0.4, 0.5) is 0 Å². The molecule has 0 bridgehead atoms. The summed E-state index contributed by atoms with van der Waals surface area (Å²) in [6, 6.07) is 17.0. The monoisotopic (exact) mass is 310 g/mol. The van der Waals surface area contributed by atoms with E-state index < -0.39 is 0 Å². The lowest BCUT2D eigenvalue weighted by Crippen LogP contribution is -2.03. The lowest BCUT2D eigenvalue weighted by Gasteiger charge is -2.02. The number of aromatic nitrogens is 2. The minimum Gasteiger partial charge on any atom is -0.333 e. The highest BCUT2D eigenvalue weighted by molar-refractivity contribution is 6.30. The smallest absolute Gasteiger partial charge is 0.168 e. The highest BCUT2D eigenvalue weighted by Crippen LogP contribution is 2.12. The van der Waals surface area contributed by atoms with Crippen LogP contribution in [-0.2, 0) is 13.0 Å². The Morgan fingerprint density at radius 1 is 1.09 bits per heavy atom. The molecule has 0 saturated carbocycles. The van der Waals surface area contributed by atoms with Gasteiger partial charge in [-0.05, 0) is 17.7 Å². The molecule has 1 heterocycles. The zero-order valence-corrected chi connectivity index (χ0v) is 12.7. The van der Waals surface area contributed by atoms with Gasteiger partial charge in [0, 0.05) is 23.3 Å². The van der Waals surface area contributed by atoms with Crippen molar-refractivity contribution in [2.24, 2.45) is 0 Å². The Bertz CT molecular complexity index is 781. The Morgan fingerprint density at radius 2 is 1.91 bits per heavy atom. The van der Waals surface area contributed by atoms with Gasteiger partial charge in [0.1, 0.15) is 0 Å². The first kappa shape index (κ1) is 14.5. The second-order valence-corrected chi connectivity index (χ2v) is 5.57. The first-order valence-electron chi connectivity index (χ1n) is 7.04. The van der Waals surface area contributed by atoms with Crippen molar-refractivity contribution in [3.8, 4) is 0 Å². The zero-order valence-electron chi connectivity index (χ0n) is 11.9. The molecular formula is C18H15ClN2O. The number of hydrogen-bond acceptors (Lipinski definition) is 2. The molecule has 0 atom stereocenters. The molecule has 3 rings (SSSR count). The molecular weight excluding hydrogens is 296 g/mol. The summed E-state index contributed by atoms with van der Waals surface area (Å²) in [5.74, 6) is 0.0774. The van der Waals surface area contributed by atoms with Gasteiger partial charge in [-0.2, -0.15) is 0 Å². The van der Waals surface area contributed by atoms with Gasteiger partial charge in [-0.3, -0.25) is 4.79 Å². The van der Waals surface area contributed by atoms with E-state index in [1.165, 1.54) is 0 Å². The van der Waals surface area contributed by atoms with Crippen LogP contribution in [0.15, 0.2) is 67.1 Å². The van der Waals surface area contributed by atoms with E-state index in [0.717, 1.165) is 16.3 Å². The van der Waals surface area contributed by atoms with Crippen molar-refractivity contribution in [1.82, 2.24) is 9.55 Å². The number of nitrogens with zero attached hydrogens (tertiary/aromatic N) is 2. The lowest BCUT2D eigenvalue weighted by atomic mass is 10.1. The summed E-state index contributed by atoms with van der Waals surface area (Å²) in [6.45, 7) is 0.688. The van der Waals surface area contributed by atoms with Crippen LogP contribution in [0.3, 0.4) is 0 Å². The average molecular weight is 311 g/mol. The van der Waals surface area contributed by atoms with E-state index in [1.807, 2.05) is 65.4 Å². The summed E-state index contributed by atoms with van der Waals surface area (Å²) in [6.07, 6.45) is 3.96. The van der Waals surface area contributed by atoms with Crippen molar-refractivity contribution in [2.75, 3.05) is 0 Å². The third-order valence-corrected chi connectivity index (χ3v) is 3.61. The fraction of sp³-hybridized carbons (Fsp3) is 0.111. The Hall–Kier alpha value is -2.39. The van der Waals surface area contributed by atoms with Gasteiger partial charge in [-0.25, -0.2) is 4.98 Å². The Morgan fingerprint density at radius 3 is 2.68 bits per heavy atom. The molecule has 0 spiro atoms. The molecule has 0 aliphatic rings. The van der Waals surface area contributed by atoms with Gasteiger partial charge >= 0.3 is 0 Å². The fourth-order valence-electron chi connectivity index (χ4n) is 2.32. The average Bonchev–Trinajstić information content (AvgIpc) is 2.95. The first-order chi connectivity index (χ1) is 10.7. The van der Waals surface area contributed by atoms with Crippen molar-refractivity contribution in [3.05, 3.63) is 89.0 Å². The topological polar surface area (TPSA) is 34.9 Å². The number of carbonyl (C=O) groups is 1. The van der Waals surface area contributed by atoms with Gasteiger partial charge in [0.25, 0.3) is 0 Å². The van der Waals surface area contributed by atoms with Crippen molar-refractivity contribution in [3.63, 3.8) is 0 Å². The van der Waals surface area contributed by atoms with Crippen molar-refractivity contribution >= 4 is 17.4 Å². The first-order valence-corrected chi connectivity index (χ1v) is 7.42. The molecule has 0 aliphatic carbocycles. The number of hydrogen-bond donors (Lipinski definition) is 0. The summed E-state index contributed by atoms with van der Waals surface area (Å²) >= 11 is 5.98. The van der Waals surface area contributed by atoms with Crippen molar-refractivity contribution in [2.45, 2.75) is 13.0 Å². The summed E-state index contributed by atoms with van der Waals surface area (Å²) in [7, 11) is 0. The van der Waals surface area contributed by atoms with Gasteiger partial charge in [-0.1, -0.05) is 54.1 Å². The molecule has 2 aromatic carbocycles. The molecule has 1 aromatic heterocycles. The van der Waals surface area contributed by atoms with Crippen LogP contribution >= 0.6 is 11.6 Å². The predicted molar refractivity (Wildman–Crippen MR) is 87.3 cm³/mol. The van der Waals surface area contributed by atoms with Crippen LogP contribution in [0.25, 0.3) is 0 Å². The summed E-state index contributed by atoms with van der Waals surface area (Å²) in [4.78, 5) is 16.5. The Kier molecular flexibility index (Phi) is 4.35. The number of rotatable bonds is 5. The largest absolute Gasteiger partial charge is 0.333 e. The normalized spacial score (nSPS) is 10.6. The van der Waals surface area contributed by atoms with Crippen LogP contribution < -0.4 is 0 Å². The summed E-state index contributed by atoms with van der Waals surface area (Å²) in [5.41, 5.74) is 2.59. The molecule has 3 aromatic rings. The number of benzene rings is 2. The molecule has 110 valence electrons. The number of Topliss-reactive ketones (excluding diaryl/α,β-unsaturated/α-hetero) is 1. The van der Waals surface area contributed by atoms with E-state index in [1.54, 1.807) is 6.33 Å². The predicted octanol–water partition coefficient (Wildman–Crippen LogP) is 4.01. The van der Waals surface area contributed by atoms with Crippen molar-refractivity contribution < 1.29 is 4.79 Å². The van der Waals surface area contributed by atoms with Gasteiger partial charge in [-0.15, -0.1) is 0 Å².